The minimum Gasteiger partial charge on any atom is -0.488 e. The third-order valence-electron chi connectivity index (χ3n) is 4.34. The van der Waals surface area contributed by atoms with Gasteiger partial charge in [0, 0.05) is 19.1 Å². The van der Waals surface area contributed by atoms with Gasteiger partial charge in [0.2, 0.25) is 0 Å². The minimum atomic E-state index is 0.184. The molecule has 1 aromatic carbocycles. The Morgan fingerprint density at radius 2 is 2.11 bits per heavy atom. The molecule has 3 atom stereocenters. The standard InChI is InChI=1S/C16H23NO2/c1-3-18-16-14(17-2)10-15(16)19-13-8-7-11-5-4-6-12(11)9-13/h7-9,14-17H,3-6,10H2,1-2H3. The van der Waals surface area contributed by atoms with E-state index in [4.69, 9.17) is 9.47 Å². The second-order valence-corrected chi connectivity index (χ2v) is 5.49. The van der Waals surface area contributed by atoms with Crippen LogP contribution in [-0.2, 0) is 17.6 Å². The zero-order valence-corrected chi connectivity index (χ0v) is 11.8. The van der Waals surface area contributed by atoms with Gasteiger partial charge in [-0.1, -0.05) is 6.07 Å². The monoisotopic (exact) mass is 261 g/mol. The van der Waals surface area contributed by atoms with E-state index in [9.17, 15) is 0 Å². The first-order valence-corrected chi connectivity index (χ1v) is 7.39. The molecule has 1 fully saturated rings. The molecule has 1 N–H and O–H groups in total. The van der Waals surface area contributed by atoms with Crippen LogP contribution in [0.2, 0.25) is 0 Å². The van der Waals surface area contributed by atoms with Gasteiger partial charge in [0.1, 0.15) is 18.0 Å². The third kappa shape index (κ3) is 2.49. The first-order valence-electron chi connectivity index (χ1n) is 7.39. The lowest BCUT2D eigenvalue weighted by Gasteiger charge is -2.43. The van der Waals surface area contributed by atoms with Crippen LogP contribution in [0.3, 0.4) is 0 Å². The molecule has 0 radical (unpaired) electrons. The van der Waals surface area contributed by atoms with Crippen LogP contribution in [0.4, 0.5) is 0 Å². The zero-order chi connectivity index (χ0) is 13.2. The van der Waals surface area contributed by atoms with E-state index < -0.39 is 0 Å². The summed E-state index contributed by atoms with van der Waals surface area (Å²) in [5, 5.41) is 3.29. The van der Waals surface area contributed by atoms with E-state index in [1.807, 2.05) is 14.0 Å². The van der Waals surface area contributed by atoms with Crippen molar-refractivity contribution in [1.29, 1.82) is 0 Å². The van der Waals surface area contributed by atoms with Gasteiger partial charge >= 0.3 is 0 Å². The molecule has 0 saturated heterocycles. The second-order valence-electron chi connectivity index (χ2n) is 5.49. The lowest BCUT2D eigenvalue weighted by Crippen LogP contribution is -2.60. The molecule has 104 valence electrons. The molecule has 0 amide bonds. The van der Waals surface area contributed by atoms with Crippen LogP contribution < -0.4 is 10.1 Å². The van der Waals surface area contributed by atoms with E-state index in [2.05, 4.69) is 23.5 Å². The Morgan fingerprint density at radius 1 is 1.26 bits per heavy atom. The molecule has 2 aliphatic carbocycles. The van der Waals surface area contributed by atoms with Crippen molar-refractivity contribution in [1.82, 2.24) is 5.32 Å². The van der Waals surface area contributed by atoms with Gasteiger partial charge in [0.25, 0.3) is 0 Å². The van der Waals surface area contributed by atoms with Crippen LogP contribution in [0.25, 0.3) is 0 Å². The molecule has 0 aromatic heterocycles. The Hall–Kier alpha value is -1.06. The summed E-state index contributed by atoms with van der Waals surface area (Å²) in [5.74, 6) is 1.00. The Bertz CT molecular complexity index is 446. The number of rotatable bonds is 5. The van der Waals surface area contributed by atoms with Gasteiger partial charge in [-0.25, -0.2) is 0 Å². The number of fused-ring (bicyclic) bond motifs is 1. The number of nitrogens with one attached hydrogen (secondary N) is 1. The van der Waals surface area contributed by atoms with Gasteiger partial charge in [0.05, 0.1) is 0 Å². The highest BCUT2D eigenvalue weighted by atomic mass is 16.5. The SMILES string of the molecule is CCOC1C(NC)CC1Oc1ccc2c(c1)CCC2. The van der Waals surface area contributed by atoms with Crippen molar-refractivity contribution in [2.24, 2.45) is 0 Å². The lowest BCUT2D eigenvalue weighted by atomic mass is 9.85. The van der Waals surface area contributed by atoms with Crippen molar-refractivity contribution < 1.29 is 9.47 Å². The van der Waals surface area contributed by atoms with Gasteiger partial charge in [-0.05, 0) is 56.5 Å². The normalized spacial score (nSPS) is 28.8. The van der Waals surface area contributed by atoms with Crippen molar-refractivity contribution >= 4 is 0 Å². The Kier molecular flexibility index (Phi) is 3.76. The van der Waals surface area contributed by atoms with E-state index >= 15 is 0 Å². The van der Waals surface area contributed by atoms with Crippen LogP contribution in [0.5, 0.6) is 5.75 Å². The fourth-order valence-electron chi connectivity index (χ4n) is 3.19. The number of aryl methyl sites for hydroxylation is 2. The van der Waals surface area contributed by atoms with Crippen molar-refractivity contribution in [3.05, 3.63) is 29.3 Å². The summed E-state index contributed by atoms with van der Waals surface area (Å²) >= 11 is 0. The van der Waals surface area contributed by atoms with E-state index in [0.29, 0.717) is 6.04 Å². The maximum atomic E-state index is 6.11. The predicted molar refractivity (Wildman–Crippen MR) is 75.8 cm³/mol. The molecule has 0 spiro atoms. The number of hydrogen-bond donors (Lipinski definition) is 1. The van der Waals surface area contributed by atoms with Gasteiger partial charge in [0.15, 0.2) is 0 Å². The Labute approximate surface area is 115 Å². The van der Waals surface area contributed by atoms with Crippen molar-refractivity contribution in [2.45, 2.75) is 50.9 Å². The summed E-state index contributed by atoms with van der Waals surface area (Å²) in [7, 11) is 1.99. The lowest BCUT2D eigenvalue weighted by molar-refractivity contribution is -0.103. The van der Waals surface area contributed by atoms with E-state index in [1.165, 1.54) is 30.4 Å². The molecular weight excluding hydrogens is 238 g/mol. The molecule has 0 heterocycles. The molecular formula is C16H23NO2. The van der Waals surface area contributed by atoms with Crippen LogP contribution in [0.15, 0.2) is 18.2 Å². The van der Waals surface area contributed by atoms with Gasteiger partial charge < -0.3 is 14.8 Å². The topological polar surface area (TPSA) is 30.5 Å². The zero-order valence-electron chi connectivity index (χ0n) is 11.8. The largest absolute Gasteiger partial charge is 0.488 e. The molecule has 3 nitrogen and oxygen atoms in total. The van der Waals surface area contributed by atoms with Gasteiger partial charge in [-0.15, -0.1) is 0 Å². The summed E-state index contributed by atoms with van der Waals surface area (Å²) in [6.45, 7) is 2.78. The van der Waals surface area contributed by atoms with E-state index in [1.54, 1.807) is 0 Å². The first-order chi connectivity index (χ1) is 9.31. The molecule has 3 rings (SSSR count). The number of likely N-dealkylation sites (N-methyl/N-ethyl adjacent to an activating group) is 1. The number of ether oxygens (including phenoxy) is 2. The minimum absolute atomic E-state index is 0.184. The number of hydrogen-bond acceptors (Lipinski definition) is 3. The predicted octanol–water partition coefficient (Wildman–Crippen LogP) is 2.32. The fraction of sp³-hybridized carbons (Fsp3) is 0.625. The van der Waals surface area contributed by atoms with Crippen molar-refractivity contribution in [3.8, 4) is 5.75 Å². The summed E-state index contributed by atoms with van der Waals surface area (Å²) in [6, 6.07) is 6.99. The van der Waals surface area contributed by atoms with Crippen molar-refractivity contribution in [3.63, 3.8) is 0 Å². The molecule has 1 aromatic rings. The summed E-state index contributed by atoms with van der Waals surface area (Å²) in [6.07, 6.45) is 5.11. The average molecular weight is 261 g/mol. The molecule has 3 heteroatoms. The second kappa shape index (κ2) is 5.51. The summed E-state index contributed by atoms with van der Waals surface area (Å²) < 4.78 is 11.9. The highest BCUT2D eigenvalue weighted by Gasteiger charge is 2.42. The Morgan fingerprint density at radius 3 is 2.89 bits per heavy atom. The highest BCUT2D eigenvalue weighted by Crippen LogP contribution is 2.31. The molecule has 2 aliphatic rings. The van der Waals surface area contributed by atoms with E-state index in [-0.39, 0.29) is 12.2 Å². The maximum absolute atomic E-state index is 6.11. The molecule has 0 aliphatic heterocycles. The molecule has 3 unspecified atom stereocenters. The molecule has 0 bridgehead atoms. The van der Waals surface area contributed by atoms with Crippen LogP contribution in [-0.4, -0.2) is 31.9 Å². The third-order valence-corrected chi connectivity index (χ3v) is 4.34. The van der Waals surface area contributed by atoms with E-state index in [0.717, 1.165) is 18.8 Å². The smallest absolute Gasteiger partial charge is 0.128 e. The summed E-state index contributed by atoms with van der Waals surface area (Å²) in [5.41, 5.74) is 2.96. The quantitative estimate of drug-likeness (QED) is 0.882. The first kappa shape index (κ1) is 12.9. The van der Waals surface area contributed by atoms with Gasteiger partial charge in [-0.2, -0.15) is 0 Å². The average Bonchev–Trinajstić information content (AvgIpc) is 2.87. The maximum Gasteiger partial charge on any atom is 0.128 e. The number of benzene rings is 1. The molecule has 1 saturated carbocycles. The van der Waals surface area contributed by atoms with Crippen LogP contribution in [0, 0.1) is 0 Å². The van der Waals surface area contributed by atoms with Crippen LogP contribution >= 0.6 is 0 Å². The highest BCUT2D eigenvalue weighted by molar-refractivity contribution is 5.38. The van der Waals surface area contributed by atoms with Crippen LogP contribution in [0.1, 0.15) is 30.9 Å². The summed E-state index contributed by atoms with van der Waals surface area (Å²) in [4.78, 5) is 0. The Balaban J connectivity index is 1.65. The van der Waals surface area contributed by atoms with Crippen molar-refractivity contribution in [2.75, 3.05) is 13.7 Å². The fourth-order valence-corrected chi connectivity index (χ4v) is 3.19. The molecule has 19 heavy (non-hydrogen) atoms. The van der Waals surface area contributed by atoms with Gasteiger partial charge in [-0.3, -0.25) is 0 Å².